The molecule has 0 bridgehead atoms. The molecule has 148 valence electrons. The molecule has 1 aliphatic heterocycles. The van der Waals surface area contributed by atoms with Crippen molar-refractivity contribution in [2.45, 2.75) is 23.2 Å². The van der Waals surface area contributed by atoms with Crippen molar-refractivity contribution in [2.75, 3.05) is 5.32 Å². The van der Waals surface area contributed by atoms with Gasteiger partial charge in [0.2, 0.25) is 5.91 Å². The highest BCUT2D eigenvalue weighted by Gasteiger charge is 2.32. The van der Waals surface area contributed by atoms with Crippen molar-refractivity contribution in [1.29, 1.82) is 0 Å². The van der Waals surface area contributed by atoms with E-state index in [1.54, 1.807) is 18.2 Å². The van der Waals surface area contributed by atoms with Gasteiger partial charge in [-0.3, -0.25) is 9.59 Å². The zero-order valence-corrected chi connectivity index (χ0v) is 15.7. The molecule has 1 amide bonds. The average molecular weight is 417 g/mol. The third-order valence-corrected chi connectivity index (χ3v) is 5.51. The molecule has 4 rings (SSSR count). The maximum atomic E-state index is 14.3. The second-order valence-corrected chi connectivity index (χ2v) is 7.45. The van der Waals surface area contributed by atoms with E-state index in [9.17, 15) is 22.8 Å². The first-order valence-corrected chi connectivity index (χ1v) is 9.66. The number of nitrogens with zero attached hydrogens (tertiary/aromatic N) is 1. The van der Waals surface area contributed by atoms with Crippen LogP contribution in [0.25, 0.3) is 0 Å². The fourth-order valence-electron chi connectivity index (χ4n) is 3.23. The average Bonchev–Trinajstić information content (AvgIpc) is 2.68. The van der Waals surface area contributed by atoms with Gasteiger partial charge in [-0.25, -0.2) is 18.2 Å². The molecule has 1 atom stereocenters. The molecular formula is C20H14F3N3O2S. The smallest absolute Gasteiger partial charge is 0.257 e. The molecule has 3 aromatic rings. The zero-order valence-electron chi connectivity index (χ0n) is 14.8. The van der Waals surface area contributed by atoms with Crippen molar-refractivity contribution in [3.05, 3.63) is 87.0 Å². The number of thioether (sulfide) groups is 1. The van der Waals surface area contributed by atoms with E-state index in [0.717, 1.165) is 30.0 Å². The monoisotopic (exact) mass is 417 g/mol. The standard InChI is InChI=1S/C20H14F3N3O2S/c21-11-5-6-15(23)12(7-11)13-8-16(27)24-18-17(13)19(28)26-20(25-18)29-9-10-3-1-2-4-14(10)22/h1-7,13H,8-9H2,(H2,24,25,26,27,28). The number of aromatic amines is 1. The fourth-order valence-corrected chi connectivity index (χ4v) is 4.07. The van der Waals surface area contributed by atoms with Gasteiger partial charge in [0.05, 0.1) is 5.56 Å². The number of nitrogens with one attached hydrogen (secondary N) is 2. The second kappa shape index (κ2) is 7.75. The molecule has 1 aromatic heterocycles. The molecule has 5 nitrogen and oxygen atoms in total. The number of anilines is 1. The predicted molar refractivity (Wildman–Crippen MR) is 102 cm³/mol. The number of aromatic nitrogens is 2. The van der Waals surface area contributed by atoms with E-state index in [-0.39, 0.29) is 40.1 Å². The van der Waals surface area contributed by atoms with E-state index in [2.05, 4.69) is 15.3 Å². The Labute approximate surface area is 167 Å². The molecule has 0 saturated heterocycles. The van der Waals surface area contributed by atoms with Gasteiger partial charge in [0.25, 0.3) is 5.56 Å². The zero-order chi connectivity index (χ0) is 20.5. The van der Waals surface area contributed by atoms with Crippen molar-refractivity contribution >= 4 is 23.5 Å². The molecule has 2 aromatic carbocycles. The number of H-pyrrole nitrogens is 1. The molecule has 2 N–H and O–H groups in total. The van der Waals surface area contributed by atoms with E-state index in [1.807, 2.05) is 0 Å². The summed E-state index contributed by atoms with van der Waals surface area (Å²) in [4.78, 5) is 31.6. The summed E-state index contributed by atoms with van der Waals surface area (Å²) in [5, 5.41) is 2.69. The van der Waals surface area contributed by atoms with Gasteiger partial charge in [0.15, 0.2) is 5.16 Å². The molecule has 0 saturated carbocycles. The Morgan fingerprint density at radius 1 is 1.07 bits per heavy atom. The van der Waals surface area contributed by atoms with Crippen LogP contribution in [0.4, 0.5) is 19.0 Å². The van der Waals surface area contributed by atoms with E-state index in [1.165, 1.54) is 6.07 Å². The Bertz CT molecular complexity index is 1170. The molecule has 29 heavy (non-hydrogen) atoms. The van der Waals surface area contributed by atoms with Gasteiger partial charge in [-0.1, -0.05) is 30.0 Å². The summed E-state index contributed by atoms with van der Waals surface area (Å²) >= 11 is 1.09. The normalized spacial score (nSPS) is 15.7. The van der Waals surface area contributed by atoms with Gasteiger partial charge in [-0.15, -0.1) is 0 Å². The van der Waals surface area contributed by atoms with Gasteiger partial charge in [0.1, 0.15) is 23.3 Å². The lowest BCUT2D eigenvalue weighted by Crippen LogP contribution is -2.31. The first kappa shape index (κ1) is 19.3. The molecule has 2 heterocycles. The number of fused-ring (bicyclic) bond motifs is 1. The van der Waals surface area contributed by atoms with Gasteiger partial charge in [0, 0.05) is 18.1 Å². The number of benzene rings is 2. The first-order chi connectivity index (χ1) is 13.9. The van der Waals surface area contributed by atoms with E-state index in [4.69, 9.17) is 0 Å². The topological polar surface area (TPSA) is 74.8 Å². The Hall–Kier alpha value is -3.07. The minimum Gasteiger partial charge on any atom is -0.310 e. The summed E-state index contributed by atoms with van der Waals surface area (Å²) in [6.07, 6.45) is -0.208. The molecule has 0 aliphatic carbocycles. The van der Waals surface area contributed by atoms with Gasteiger partial charge in [-0.05, 0) is 35.4 Å². The van der Waals surface area contributed by atoms with Crippen LogP contribution in [-0.2, 0) is 10.5 Å². The Morgan fingerprint density at radius 2 is 1.86 bits per heavy atom. The van der Waals surface area contributed by atoms with Crippen LogP contribution in [0.2, 0.25) is 0 Å². The highest BCUT2D eigenvalue weighted by Crippen LogP contribution is 2.36. The Morgan fingerprint density at radius 3 is 2.66 bits per heavy atom. The van der Waals surface area contributed by atoms with Crippen molar-refractivity contribution in [3.8, 4) is 0 Å². The fraction of sp³-hybridized carbons (Fsp3) is 0.150. The quantitative estimate of drug-likeness (QED) is 0.498. The molecule has 0 fully saturated rings. The Balaban J connectivity index is 1.70. The lowest BCUT2D eigenvalue weighted by Gasteiger charge is -2.24. The minimum atomic E-state index is -0.962. The van der Waals surface area contributed by atoms with Gasteiger partial charge < -0.3 is 10.3 Å². The van der Waals surface area contributed by atoms with Crippen LogP contribution in [0.1, 0.15) is 29.0 Å². The van der Waals surface area contributed by atoms with Crippen LogP contribution < -0.4 is 10.9 Å². The molecule has 1 aliphatic rings. The maximum absolute atomic E-state index is 14.3. The summed E-state index contributed by atoms with van der Waals surface area (Å²) in [7, 11) is 0. The molecule has 9 heteroatoms. The second-order valence-electron chi connectivity index (χ2n) is 6.48. The highest BCUT2D eigenvalue weighted by atomic mass is 32.2. The minimum absolute atomic E-state index is 0.00491. The van der Waals surface area contributed by atoms with Crippen LogP contribution in [0.3, 0.4) is 0 Å². The third-order valence-electron chi connectivity index (χ3n) is 4.59. The first-order valence-electron chi connectivity index (χ1n) is 8.67. The lowest BCUT2D eigenvalue weighted by molar-refractivity contribution is -0.116. The number of amides is 1. The van der Waals surface area contributed by atoms with Crippen molar-refractivity contribution < 1.29 is 18.0 Å². The van der Waals surface area contributed by atoms with E-state index < -0.39 is 29.0 Å². The molecule has 1 unspecified atom stereocenters. The predicted octanol–water partition coefficient (Wildman–Crippen LogP) is 3.95. The summed E-state index contributed by atoms with van der Waals surface area (Å²) in [6, 6.07) is 9.11. The number of rotatable bonds is 4. The SMILES string of the molecule is O=C1CC(c2cc(F)ccc2F)c2c(nc(SCc3ccccc3F)[nH]c2=O)N1. The molecular weight excluding hydrogens is 403 g/mol. The third kappa shape index (κ3) is 3.91. The largest absolute Gasteiger partial charge is 0.310 e. The number of halogens is 3. The van der Waals surface area contributed by atoms with E-state index in [0.29, 0.717) is 5.56 Å². The molecule has 0 radical (unpaired) electrons. The number of hydrogen-bond donors (Lipinski definition) is 2. The van der Waals surface area contributed by atoms with Crippen LogP contribution in [0.15, 0.2) is 52.4 Å². The lowest BCUT2D eigenvalue weighted by atomic mass is 9.86. The summed E-state index contributed by atoms with van der Waals surface area (Å²) < 4.78 is 41.7. The van der Waals surface area contributed by atoms with Gasteiger partial charge in [-0.2, -0.15) is 0 Å². The van der Waals surface area contributed by atoms with Crippen molar-refractivity contribution in [2.24, 2.45) is 0 Å². The van der Waals surface area contributed by atoms with Crippen LogP contribution in [-0.4, -0.2) is 15.9 Å². The van der Waals surface area contributed by atoms with Crippen LogP contribution >= 0.6 is 11.8 Å². The Kier molecular flexibility index (Phi) is 5.14. The summed E-state index contributed by atoms with van der Waals surface area (Å²) in [6.45, 7) is 0. The number of carbonyl (C=O) groups excluding carboxylic acids is 1. The number of hydrogen-bond acceptors (Lipinski definition) is 4. The van der Waals surface area contributed by atoms with Gasteiger partial charge >= 0.3 is 0 Å². The number of carbonyl (C=O) groups is 1. The highest BCUT2D eigenvalue weighted by molar-refractivity contribution is 7.98. The van der Waals surface area contributed by atoms with Crippen LogP contribution in [0.5, 0.6) is 0 Å². The molecule has 0 spiro atoms. The summed E-state index contributed by atoms with van der Waals surface area (Å²) in [5.74, 6) is -2.98. The van der Waals surface area contributed by atoms with Crippen molar-refractivity contribution in [1.82, 2.24) is 9.97 Å². The van der Waals surface area contributed by atoms with E-state index >= 15 is 0 Å². The maximum Gasteiger partial charge on any atom is 0.257 e. The summed E-state index contributed by atoms with van der Waals surface area (Å²) in [5.41, 5.74) is -0.161. The van der Waals surface area contributed by atoms with Crippen molar-refractivity contribution in [3.63, 3.8) is 0 Å². The van der Waals surface area contributed by atoms with Crippen LogP contribution in [0, 0.1) is 17.5 Å².